The molecule has 2 aromatic rings. The highest BCUT2D eigenvalue weighted by atomic mass is 15.1. The van der Waals surface area contributed by atoms with E-state index in [2.05, 4.69) is 59.9 Å². The molecule has 1 aromatic carbocycles. The largest absolute Gasteiger partial charge is 0.346 e. The summed E-state index contributed by atoms with van der Waals surface area (Å²) in [5.74, 6) is 0. The van der Waals surface area contributed by atoms with E-state index in [0.717, 1.165) is 26.2 Å². The van der Waals surface area contributed by atoms with E-state index in [1.807, 2.05) is 0 Å². The van der Waals surface area contributed by atoms with E-state index in [4.69, 9.17) is 0 Å². The molecule has 0 N–H and O–H groups in total. The van der Waals surface area contributed by atoms with E-state index in [1.54, 1.807) is 0 Å². The molecule has 1 aliphatic rings. The summed E-state index contributed by atoms with van der Waals surface area (Å²) in [5.41, 5.74) is 4.35. The van der Waals surface area contributed by atoms with Crippen LogP contribution in [-0.4, -0.2) is 42.1 Å². The fourth-order valence-corrected chi connectivity index (χ4v) is 2.90. The molecule has 96 valence electrons. The molecular weight excluding hydrogens is 222 g/mol. The number of hydrogen-bond donors (Lipinski definition) is 0. The van der Waals surface area contributed by atoms with E-state index in [1.165, 1.54) is 22.0 Å². The maximum atomic E-state index is 2.41. The number of aromatic nitrogens is 1. The SMILES string of the molecule is CN(C)CCn1cc2c3c(cccc31)CN(C)C2. The van der Waals surface area contributed by atoms with Crippen LogP contribution < -0.4 is 0 Å². The zero-order valence-electron chi connectivity index (χ0n) is 11.5. The van der Waals surface area contributed by atoms with Crippen molar-refractivity contribution in [2.24, 2.45) is 0 Å². The van der Waals surface area contributed by atoms with Crippen LogP contribution >= 0.6 is 0 Å². The van der Waals surface area contributed by atoms with Crippen molar-refractivity contribution in [3.8, 4) is 0 Å². The predicted molar refractivity (Wildman–Crippen MR) is 75.7 cm³/mol. The summed E-state index contributed by atoms with van der Waals surface area (Å²) in [4.78, 5) is 4.62. The Labute approximate surface area is 109 Å². The van der Waals surface area contributed by atoms with E-state index >= 15 is 0 Å². The first-order valence-corrected chi connectivity index (χ1v) is 6.58. The zero-order chi connectivity index (χ0) is 12.7. The van der Waals surface area contributed by atoms with Crippen molar-refractivity contribution < 1.29 is 0 Å². The molecule has 3 rings (SSSR count). The van der Waals surface area contributed by atoms with Crippen LogP contribution in [0.2, 0.25) is 0 Å². The molecule has 0 radical (unpaired) electrons. The van der Waals surface area contributed by atoms with Crippen molar-refractivity contribution in [1.29, 1.82) is 0 Å². The van der Waals surface area contributed by atoms with Gasteiger partial charge in [-0.3, -0.25) is 4.90 Å². The van der Waals surface area contributed by atoms with Crippen LogP contribution in [-0.2, 0) is 19.6 Å². The monoisotopic (exact) mass is 243 g/mol. The average molecular weight is 243 g/mol. The third-order valence-electron chi connectivity index (χ3n) is 3.74. The van der Waals surface area contributed by atoms with Crippen molar-refractivity contribution in [2.45, 2.75) is 19.6 Å². The van der Waals surface area contributed by atoms with Crippen molar-refractivity contribution >= 4 is 10.9 Å². The molecule has 0 spiro atoms. The van der Waals surface area contributed by atoms with Gasteiger partial charge in [-0.1, -0.05) is 12.1 Å². The smallest absolute Gasteiger partial charge is 0.0487 e. The Morgan fingerprint density at radius 3 is 2.72 bits per heavy atom. The molecule has 0 saturated carbocycles. The summed E-state index contributed by atoms with van der Waals surface area (Å²) < 4.78 is 2.41. The molecule has 0 bridgehead atoms. The van der Waals surface area contributed by atoms with Crippen molar-refractivity contribution in [1.82, 2.24) is 14.4 Å². The molecular formula is C15H21N3. The van der Waals surface area contributed by atoms with Gasteiger partial charge in [0.25, 0.3) is 0 Å². The third kappa shape index (κ3) is 1.93. The van der Waals surface area contributed by atoms with E-state index < -0.39 is 0 Å². The molecule has 18 heavy (non-hydrogen) atoms. The summed E-state index contributed by atoms with van der Waals surface area (Å²) in [6, 6.07) is 6.70. The van der Waals surface area contributed by atoms with Crippen molar-refractivity contribution in [3.63, 3.8) is 0 Å². The molecule has 0 aliphatic carbocycles. The summed E-state index contributed by atoms with van der Waals surface area (Å²) >= 11 is 0. The Bertz CT molecular complexity index is 568. The van der Waals surface area contributed by atoms with Gasteiger partial charge in [0.05, 0.1) is 0 Å². The van der Waals surface area contributed by atoms with Gasteiger partial charge in [0.2, 0.25) is 0 Å². The minimum Gasteiger partial charge on any atom is -0.346 e. The predicted octanol–water partition coefficient (Wildman–Crippen LogP) is 2.15. The number of likely N-dealkylation sites (N-methyl/N-ethyl adjacent to an activating group) is 1. The lowest BCUT2D eigenvalue weighted by Gasteiger charge is -2.22. The van der Waals surface area contributed by atoms with Gasteiger partial charge in [-0.15, -0.1) is 0 Å². The van der Waals surface area contributed by atoms with Crippen molar-refractivity contribution in [3.05, 3.63) is 35.5 Å². The van der Waals surface area contributed by atoms with Crippen LogP contribution in [0.1, 0.15) is 11.1 Å². The van der Waals surface area contributed by atoms with E-state index in [9.17, 15) is 0 Å². The summed E-state index contributed by atoms with van der Waals surface area (Å²) in [6.07, 6.45) is 2.34. The summed E-state index contributed by atoms with van der Waals surface area (Å²) in [6.45, 7) is 4.30. The number of rotatable bonds is 3. The summed E-state index contributed by atoms with van der Waals surface area (Å²) in [5, 5.41) is 1.49. The van der Waals surface area contributed by atoms with Gasteiger partial charge in [0, 0.05) is 43.3 Å². The van der Waals surface area contributed by atoms with E-state index in [0.29, 0.717) is 0 Å². The van der Waals surface area contributed by atoms with Crippen LogP contribution in [0.15, 0.2) is 24.4 Å². The maximum Gasteiger partial charge on any atom is 0.0487 e. The Morgan fingerprint density at radius 2 is 1.94 bits per heavy atom. The van der Waals surface area contributed by atoms with Gasteiger partial charge < -0.3 is 9.47 Å². The average Bonchev–Trinajstić information content (AvgIpc) is 2.66. The molecule has 3 heteroatoms. The Hall–Kier alpha value is -1.32. The van der Waals surface area contributed by atoms with Gasteiger partial charge in [-0.05, 0) is 38.3 Å². The topological polar surface area (TPSA) is 11.4 Å². The molecule has 0 atom stereocenters. The molecule has 0 saturated heterocycles. The van der Waals surface area contributed by atoms with Gasteiger partial charge in [0.15, 0.2) is 0 Å². The normalized spacial score (nSPS) is 15.8. The lowest BCUT2D eigenvalue weighted by Crippen LogP contribution is -2.20. The number of benzene rings is 1. The maximum absolute atomic E-state index is 2.41. The quantitative estimate of drug-likeness (QED) is 0.818. The van der Waals surface area contributed by atoms with Gasteiger partial charge in [-0.25, -0.2) is 0 Å². The minimum atomic E-state index is 1.07. The Kier molecular flexibility index (Phi) is 2.88. The molecule has 1 aliphatic heterocycles. The summed E-state index contributed by atoms with van der Waals surface area (Å²) in [7, 11) is 6.45. The lowest BCUT2D eigenvalue weighted by atomic mass is 10.0. The molecule has 0 unspecified atom stereocenters. The molecule has 2 heterocycles. The molecule has 0 fully saturated rings. The first kappa shape index (κ1) is 11.8. The fourth-order valence-electron chi connectivity index (χ4n) is 2.90. The van der Waals surface area contributed by atoms with Crippen LogP contribution in [0, 0.1) is 0 Å². The van der Waals surface area contributed by atoms with Crippen LogP contribution in [0.3, 0.4) is 0 Å². The first-order chi connectivity index (χ1) is 8.65. The standard InChI is InChI=1S/C15H21N3/c1-16(2)7-8-18-11-13-10-17(3)9-12-5-4-6-14(18)15(12)13/h4-6,11H,7-10H2,1-3H3. The zero-order valence-corrected chi connectivity index (χ0v) is 11.5. The highest BCUT2D eigenvalue weighted by Gasteiger charge is 2.18. The minimum absolute atomic E-state index is 1.07. The number of nitrogens with zero attached hydrogens (tertiary/aromatic N) is 3. The first-order valence-electron chi connectivity index (χ1n) is 6.58. The van der Waals surface area contributed by atoms with Crippen LogP contribution in [0.4, 0.5) is 0 Å². The highest BCUT2D eigenvalue weighted by Crippen LogP contribution is 2.30. The second kappa shape index (κ2) is 4.41. The third-order valence-corrected chi connectivity index (χ3v) is 3.74. The van der Waals surface area contributed by atoms with E-state index in [-0.39, 0.29) is 0 Å². The number of hydrogen-bond acceptors (Lipinski definition) is 2. The van der Waals surface area contributed by atoms with Gasteiger partial charge in [0.1, 0.15) is 0 Å². The Balaban J connectivity index is 2.05. The van der Waals surface area contributed by atoms with Gasteiger partial charge >= 0.3 is 0 Å². The molecule has 1 aromatic heterocycles. The van der Waals surface area contributed by atoms with Gasteiger partial charge in [-0.2, -0.15) is 0 Å². The van der Waals surface area contributed by atoms with Crippen molar-refractivity contribution in [2.75, 3.05) is 27.7 Å². The molecule has 3 nitrogen and oxygen atoms in total. The fraction of sp³-hybridized carbons (Fsp3) is 0.467. The highest BCUT2D eigenvalue weighted by molar-refractivity contribution is 5.88. The van der Waals surface area contributed by atoms with Crippen LogP contribution in [0.25, 0.3) is 10.9 Å². The second-order valence-corrected chi connectivity index (χ2v) is 5.63. The Morgan fingerprint density at radius 1 is 1.17 bits per heavy atom. The van der Waals surface area contributed by atoms with Crippen LogP contribution in [0.5, 0.6) is 0 Å². The second-order valence-electron chi connectivity index (χ2n) is 5.63. The molecule has 0 amide bonds. The lowest BCUT2D eigenvalue weighted by molar-refractivity contribution is 0.314.